The van der Waals surface area contributed by atoms with Gasteiger partial charge in [-0.25, -0.2) is 9.08 Å². The normalized spacial score (nSPS) is 25.0. The van der Waals surface area contributed by atoms with Crippen LogP contribution >= 0.6 is 19.3 Å². The molecule has 1 saturated heterocycles. The van der Waals surface area contributed by atoms with Crippen molar-refractivity contribution in [2.24, 2.45) is 0 Å². The van der Waals surface area contributed by atoms with Crippen molar-refractivity contribution in [3.8, 4) is 11.8 Å². The summed E-state index contributed by atoms with van der Waals surface area (Å²) in [4.78, 5) is 12.7. The Bertz CT molecular complexity index is 1560. The maximum Gasteiger partial charge on any atom is 0.459 e. The van der Waals surface area contributed by atoms with Gasteiger partial charge in [-0.3, -0.25) is 9.32 Å². The Hall–Kier alpha value is -3.21. The number of rotatable bonds is 15. The van der Waals surface area contributed by atoms with E-state index < -0.39 is 49.8 Å². The van der Waals surface area contributed by atoms with Crippen LogP contribution in [0.1, 0.15) is 58.6 Å². The van der Waals surface area contributed by atoms with Gasteiger partial charge in [0.25, 0.3) is 0 Å². The molecule has 45 heavy (non-hydrogen) atoms. The molecule has 0 saturated carbocycles. The fraction of sp³-hybridized carbons (Fsp3) is 0.500. The maximum atomic E-state index is 14.0. The zero-order valence-corrected chi connectivity index (χ0v) is 27.0. The third kappa shape index (κ3) is 7.45. The summed E-state index contributed by atoms with van der Waals surface area (Å²) in [7, 11) is -4.38. The number of aromatic nitrogens is 2. The fourth-order valence-electron chi connectivity index (χ4n) is 5.12. The van der Waals surface area contributed by atoms with Crippen LogP contribution in [0.2, 0.25) is 5.02 Å². The van der Waals surface area contributed by atoms with Crippen LogP contribution in [0.4, 0.5) is 5.69 Å². The van der Waals surface area contributed by atoms with E-state index in [2.05, 4.69) is 17.1 Å². The number of unbranched alkanes of at least 4 members (excludes halogenated alkanes) is 4. The number of nitriles is 1. The predicted octanol–water partition coefficient (Wildman–Crippen LogP) is 4.49. The lowest BCUT2D eigenvalue weighted by atomic mass is 9.80. The van der Waals surface area contributed by atoms with E-state index in [4.69, 9.17) is 35.9 Å². The lowest BCUT2D eigenvalue weighted by Gasteiger charge is -2.33. The van der Waals surface area contributed by atoms with Gasteiger partial charge in [0.2, 0.25) is 5.60 Å². The zero-order chi connectivity index (χ0) is 32.8. The van der Waals surface area contributed by atoms with Crippen LogP contribution in [-0.4, -0.2) is 62.9 Å². The molecule has 1 aliphatic heterocycles. The van der Waals surface area contributed by atoms with Gasteiger partial charge in [0.05, 0.1) is 30.1 Å². The SMILES string of the molecule is CCCCCCCOC(=O)[C@H](C)NP(=O)(OC[C@H]1O[C@@](C#N)(c2ccc3c(N)ccnn23)[C@](C)(O)[C@@H]1O)Oc1ccc(Cl)cc1. The minimum Gasteiger partial charge on any atom is -0.465 e. The van der Waals surface area contributed by atoms with E-state index in [1.807, 2.05) is 6.07 Å². The molecule has 3 heterocycles. The first-order chi connectivity index (χ1) is 21.4. The minimum atomic E-state index is -4.38. The van der Waals surface area contributed by atoms with Crippen LogP contribution in [0.15, 0.2) is 48.7 Å². The highest BCUT2D eigenvalue weighted by molar-refractivity contribution is 7.52. The first kappa shape index (κ1) is 34.7. The molecule has 0 aliphatic carbocycles. The molecule has 0 radical (unpaired) electrons. The molecule has 0 spiro atoms. The number of aliphatic hydroxyl groups excluding tert-OH is 1. The maximum absolute atomic E-state index is 14.0. The zero-order valence-electron chi connectivity index (χ0n) is 25.4. The number of hydrogen-bond acceptors (Lipinski definition) is 11. The number of nitrogens with zero attached hydrogens (tertiary/aromatic N) is 3. The Labute approximate surface area is 266 Å². The summed E-state index contributed by atoms with van der Waals surface area (Å²) in [5.41, 5.74) is 2.68. The van der Waals surface area contributed by atoms with E-state index in [0.717, 1.165) is 25.7 Å². The monoisotopic (exact) mass is 663 g/mol. The van der Waals surface area contributed by atoms with Crippen molar-refractivity contribution >= 4 is 36.5 Å². The summed E-state index contributed by atoms with van der Waals surface area (Å²) in [5.74, 6) is -0.550. The fourth-order valence-corrected chi connectivity index (χ4v) is 6.74. The minimum absolute atomic E-state index is 0.112. The Kier molecular flexibility index (Phi) is 11.2. The number of esters is 1. The van der Waals surface area contributed by atoms with E-state index in [9.17, 15) is 24.8 Å². The number of hydrogen-bond donors (Lipinski definition) is 4. The first-order valence-electron chi connectivity index (χ1n) is 14.7. The number of halogens is 1. The van der Waals surface area contributed by atoms with Crippen LogP contribution in [0.25, 0.3) is 5.52 Å². The van der Waals surface area contributed by atoms with E-state index in [1.165, 1.54) is 54.9 Å². The van der Waals surface area contributed by atoms with Crippen molar-refractivity contribution in [1.82, 2.24) is 14.7 Å². The molecule has 1 aromatic carbocycles. The number of fused-ring (bicyclic) bond motifs is 1. The van der Waals surface area contributed by atoms with E-state index in [1.54, 1.807) is 12.1 Å². The molecule has 1 fully saturated rings. The third-order valence-corrected chi connectivity index (χ3v) is 9.62. The number of anilines is 1. The third-order valence-electron chi connectivity index (χ3n) is 7.72. The van der Waals surface area contributed by atoms with Crippen molar-refractivity contribution in [3.05, 3.63) is 59.4 Å². The Balaban J connectivity index is 1.53. The molecular formula is C30H39ClN5O8P. The number of nitrogens with two attached hydrogens (primary N) is 1. The second-order valence-electron chi connectivity index (χ2n) is 11.1. The van der Waals surface area contributed by atoms with Crippen molar-refractivity contribution in [2.75, 3.05) is 18.9 Å². The number of aliphatic hydroxyl groups is 2. The van der Waals surface area contributed by atoms with E-state index in [0.29, 0.717) is 22.6 Å². The average Bonchev–Trinajstić information content (AvgIpc) is 3.53. The molecular weight excluding hydrogens is 625 g/mol. The van der Waals surface area contributed by atoms with Gasteiger partial charge in [0.15, 0.2) is 0 Å². The van der Waals surface area contributed by atoms with Gasteiger partial charge < -0.3 is 29.9 Å². The standard InChI is InChI=1S/C30H39ClN5O8P/c1-4-5-6-7-8-17-41-28(38)20(2)35-45(40,44-22-11-9-21(31)10-12-22)42-18-25-27(37)29(3,39)30(19-32,43-25)26-14-13-24-23(33)15-16-34-36(24)26/h9-16,20,25,27,37,39H,4-8,17-18,33H2,1-3H3,(H,35,40)/t20-,25+,27+,29+,30-,45?/m0/s1. The number of carbonyl (C=O) groups is 1. The lowest BCUT2D eigenvalue weighted by molar-refractivity contribution is -0.145. The summed E-state index contributed by atoms with van der Waals surface area (Å²) >= 11 is 5.97. The second kappa shape index (κ2) is 14.5. The smallest absolute Gasteiger partial charge is 0.459 e. The van der Waals surface area contributed by atoms with Gasteiger partial charge in [-0.15, -0.1) is 0 Å². The summed E-state index contributed by atoms with van der Waals surface area (Å²) in [6.07, 6.45) is 3.22. The van der Waals surface area contributed by atoms with Crippen LogP contribution in [0.5, 0.6) is 5.75 Å². The quantitative estimate of drug-likeness (QED) is 0.101. The van der Waals surface area contributed by atoms with Gasteiger partial charge in [-0.2, -0.15) is 15.4 Å². The van der Waals surface area contributed by atoms with Gasteiger partial charge >= 0.3 is 13.7 Å². The van der Waals surface area contributed by atoms with Crippen LogP contribution < -0.4 is 15.3 Å². The topological polar surface area (TPSA) is 191 Å². The van der Waals surface area contributed by atoms with Crippen LogP contribution in [0, 0.1) is 11.3 Å². The number of nitrogen functional groups attached to an aromatic ring is 1. The Morgan fingerprint density at radius 1 is 1.24 bits per heavy atom. The first-order valence-corrected chi connectivity index (χ1v) is 16.7. The summed E-state index contributed by atoms with van der Waals surface area (Å²) in [5, 5.41) is 40.2. The van der Waals surface area contributed by atoms with Gasteiger partial charge in [0.1, 0.15) is 35.7 Å². The molecule has 1 unspecified atom stereocenters. The van der Waals surface area contributed by atoms with Gasteiger partial charge in [-0.1, -0.05) is 44.2 Å². The molecule has 244 valence electrons. The highest BCUT2D eigenvalue weighted by Crippen LogP contribution is 2.50. The molecule has 3 aromatic rings. The van der Waals surface area contributed by atoms with Crippen molar-refractivity contribution in [2.45, 2.75) is 82.3 Å². The Morgan fingerprint density at radius 2 is 1.96 bits per heavy atom. The molecule has 13 nitrogen and oxygen atoms in total. The molecule has 1 aliphatic rings. The Morgan fingerprint density at radius 3 is 2.64 bits per heavy atom. The summed E-state index contributed by atoms with van der Waals surface area (Å²) in [6, 6.07) is 11.5. The van der Waals surface area contributed by atoms with Crippen molar-refractivity contribution in [3.63, 3.8) is 0 Å². The van der Waals surface area contributed by atoms with Gasteiger partial charge in [0, 0.05) is 11.2 Å². The molecule has 2 aromatic heterocycles. The van der Waals surface area contributed by atoms with E-state index in [-0.39, 0.29) is 18.1 Å². The van der Waals surface area contributed by atoms with Gasteiger partial charge in [-0.05, 0) is 62.7 Å². The number of ether oxygens (including phenoxy) is 2. The molecule has 15 heteroatoms. The van der Waals surface area contributed by atoms with Crippen molar-refractivity contribution < 1.29 is 38.1 Å². The molecule has 4 rings (SSSR count). The summed E-state index contributed by atoms with van der Waals surface area (Å²) < 4.78 is 38.1. The number of nitrogens with one attached hydrogen (secondary N) is 1. The van der Waals surface area contributed by atoms with Crippen LogP contribution in [-0.2, 0) is 29.0 Å². The molecule has 0 amide bonds. The highest BCUT2D eigenvalue weighted by Gasteiger charge is 2.65. The summed E-state index contributed by atoms with van der Waals surface area (Å²) in [6.45, 7) is 4.40. The number of benzene rings is 1. The lowest BCUT2D eigenvalue weighted by Crippen LogP contribution is -2.52. The highest BCUT2D eigenvalue weighted by atomic mass is 35.5. The van der Waals surface area contributed by atoms with Crippen LogP contribution in [0.3, 0.4) is 0 Å². The molecule has 5 N–H and O–H groups in total. The molecule has 6 atom stereocenters. The predicted molar refractivity (Wildman–Crippen MR) is 166 cm³/mol. The second-order valence-corrected chi connectivity index (χ2v) is 13.2. The number of carbonyl (C=O) groups excluding carboxylic acids is 1. The van der Waals surface area contributed by atoms with Crippen molar-refractivity contribution in [1.29, 1.82) is 5.26 Å². The average molecular weight is 664 g/mol. The largest absolute Gasteiger partial charge is 0.465 e. The van der Waals surface area contributed by atoms with E-state index >= 15 is 0 Å². The molecule has 0 bridgehead atoms.